The van der Waals surface area contributed by atoms with E-state index in [1.165, 1.54) is 22.9 Å². The number of carboxylic acids is 1. The van der Waals surface area contributed by atoms with Crippen LogP contribution in [-0.2, 0) is 25.2 Å². The highest BCUT2D eigenvalue weighted by Crippen LogP contribution is 2.43. The summed E-state index contributed by atoms with van der Waals surface area (Å²) in [6.45, 7) is -0.159. The highest BCUT2D eigenvalue weighted by atomic mass is 32.1. The Morgan fingerprint density at radius 1 is 1.55 bits per heavy atom. The van der Waals surface area contributed by atoms with Crippen LogP contribution in [0.15, 0.2) is 6.20 Å². The summed E-state index contributed by atoms with van der Waals surface area (Å²) in [6, 6.07) is -2.08. The average molecular weight is 328 g/mol. The van der Waals surface area contributed by atoms with Crippen LogP contribution < -0.4 is 0 Å². The Labute approximate surface area is 129 Å². The van der Waals surface area contributed by atoms with Gasteiger partial charge in [0.25, 0.3) is 0 Å². The van der Waals surface area contributed by atoms with E-state index < -0.39 is 30.1 Å². The maximum absolute atomic E-state index is 12.2. The summed E-state index contributed by atoms with van der Waals surface area (Å²) in [5.74, 6) is -1.73. The van der Waals surface area contributed by atoms with Crippen molar-refractivity contribution < 1.29 is 28.5 Å². The van der Waals surface area contributed by atoms with Gasteiger partial charge in [-0.3, -0.25) is 9.48 Å². The maximum atomic E-state index is 12.2. The number of carboxylic acid groups (broad SMARTS) is 1. The van der Waals surface area contributed by atoms with Crippen LogP contribution in [0.2, 0.25) is 0 Å². The van der Waals surface area contributed by atoms with Gasteiger partial charge in [-0.2, -0.15) is 10.2 Å². The van der Waals surface area contributed by atoms with Gasteiger partial charge < -0.3 is 14.7 Å². The first-order valence-electron chi connectivity index (χ1n) is 6.26. The molecule has 11 heteroatoms. The average Bonchev–Trinajstić information content (AvgIpc) is 2.99. The van der Waals surface area contributed by atoms with Gasteiger partial charge in [-0.1, -0.05) is 0 Å². The van der Waals surface area contributed by atoms with Gasteiger partial charge in [-0.05, 0) is 0 Å². The topological polar surface area (TPSA) is 114 Å². The molecule has 22 heavy (non-hydrogen) atoms. The summed E-state index contributed by atoms with van der Waals surface area (Å²) in [5.41, 5.74) is 0.818. The Kier molecular flexibility index (Phi) is 3.45. The normalized spacial score (nSPS) is 22.7. The molecule has 1 N–H and O–H groups in total. The van der Waals surface area contributed by atoms with Crippen LogP contribution in [0.3, 0.4) is 0 Å². The molecule has 1 aromatic rings. The van der Waals surface area contributed by atoms with Crippen molar-refractivity contribution >= 4 is 30.9 Å². The van der Waals surface area contributed by atoms with Crippen molar-refractivity contribution in [3.05, 3.63) is 17.5 Å². The van der Waals surface area contributed by atoms with E-state index in [-0.39, 0.29) is 18.8 Å². The summed E-state index contributed by atoms with van der Waals surface area (Å²) in [4.78, 5) is 36.3. The number of hydrogen-bond donors (Lipinski definition) is 2. The molecule has 2 aliphatic rings. The molecule has 118 valence electrons. The van der Waals surface area contributed by atoms with E-state index in [1.54, 1.807) is 0 Å². The molecule has 2 bridgehead atoms. The lowest BCUT2D eigenvalue weighted by Gasteiger charge is -2.27. The molecule has 1 saturated heterocycles. The second-order valence-corrected chi connectivity index (χ2v) is 5.01. The van der Waals surface area contributed by atoms with E-state index in [1.807, 2.05) is 0 Å². The molecule has 1 fully saturated rings. The number of carbonyl (C=O) groups excluding carboxylic acids is 2. The van der Waals surface area contributed by atoms with E-state index in [2.05, 4.69) is 18.0 Å². The van der Waals surface area contributed by atoms with E-state index in [0.29, 0.717) is 5.56 Å². The Hall–Kier alpha value is -2.27. The van der Waals surface area contributed by atoms with Crippen LogP contribution in [0.25, 0.3) is 0 Å². The smallest absolute Gasteiger partial charge is 0.346 e. The number of rotatable bonds is 4. The zero-order valence-electron chi connectivity index (χ0n) is 11.4. The minimum absolute atomic E-state index is 0.199. The number of thiol groups is 1. The largest absolute Gasteiger partial charge is 0.480 e. The quantitative estimate of drug-likeness (QED) is 0.445. The van der Waals surface area contributed by atoms with Crippen molar-refractivity contribution in [2.24, 2.45) is 0 Å². The molecule has 0 aliphatic carbocycles. The number of nitrogens with zero attached hydrogens (tertiary/aromatic N) is 4. The monoisotopic (exact) mass is 328 g/mol. The molecular formula is C11H12N4O6S. The van der Waals surface area contributed by atoms with Gasteiger partial charge in [0.2, 0.25) is 0 Å². The number of esters is 1. The van der Waals surface area contributed by atoms with Gasteiger partial charge in [-0.25, -0.2) is 13.9 Å². The molecular weight excluding hydrogens is 316 g/mol. The van der Waals surface area contributed by atoms with E-state index >= 15 is 0 Å². The Morgan fingerprint density at radius 2 is 2.27 bits per heavy atom. The number of ether oxygens (including phenoxy) is 1. The lowest BCUT2D eigenvalue weighted by Crippen LogP contribution is -2.39. The lowest BCUT2D eigenvalue weighted by atomic mass is 9.98. The second kappa shape index (κ2) is 5.18. The van der Waals surface area contributed by atoms with Gasteiger partial charge in [0.15, 0.2) is 6.04 Å². The Morgan fingerprint density at radius 3 is 2.86 bits per heavy atom. The SMILES string of the molecule is COC(=O)C1c2nn(CC(=O)O)cc2C2CN1C(=O)N2OS. The number of urea groups is 1. The first-order valence-corrected chi connectivity index (χ1v) is 6.62. The summed E-state index contributed by atoms with van der Waals surface area (Å²) >= 11 is 3.66. The zero-order chi connectivity index (χ0) is 16.0. The fourth-order valence-electron chi connectivity index (χ4n) is 2.77. The lowest BCUT2D eigenvalue weighted by molar-refractivity contribution is -0.146. The van der Waals surface area contributed by atoms with Gasteiger partial charge >= 0.3 is 18.0 Å². The number of amides is 2. The minimum atomic E-state index is -1.07. The first-order chi connectivity index (χ1) is 10.5. The van der Waals surface area contributed by atoms with Crippen LogP contribution in [0.5, 0.6) is 0 Å². The van der Waals surface area contributed by atoms with Crippen LogP contribution in [0.1, 0.15) is 23.3 Å². The molecule has 3 heterocycles. The molecule has 2 atom stereocenters. The van der Waals surface area contributed by atoms with Gasteiger partial charge in [0, 0.05) is 24.7 Å². The first kappa shape index (κ1) is 14.7. The van der Waals surface area contributed by atoms with Gasteiger partial charge in [0.1, 0.15) is 18.3 Å². The number of fused-ring (bicyclic) bond motifs is 4. The zero-order valence-corrected chi connectivity index (χ0v) is 12.3. The molecule has 2 aliphatic heterocycles. The predicted molar refractivity (Wildman–Crippen MR) is 71.4 cm³/mol. The Balaban J connectivity index is 2.08. The van der Waals surface area contributed by atoms with Crippen LogP contribution in [0.4, 0.5) is 4.79 Å². The molecule has 0 saturated carbocycles. The number of methoxy groups -OCH3 is 1. The van der Waals surface area contributed by atoms with Crippen molar-refractivity contribution in [3.8, 4) is 0 Å². The third-order valence-corrected chi connectivity index (χ3v) is 3.82. The summed E-state index contributed by atoms with van der Waals surface area (Å²) in [5, 5.41) is 14.0. The third kappa shape index (κ3) is 2.01. The highest BCUT2D eigenvalue weighted by molar-refractivity contribution is 7.75. The van der Waals surface area contributed by atoms with E-state index in [0.717, 1.165) is 5.06 Å². The highest BCUT2D eigenvalue weighted by Gasteiger charge is 2.53. The van der Waals surface area contributed by atoms with Gasteiger partial charge in [-0.15, -0.1) is 0 Å². The molecule has 10 nitrogen and oxygen atoms in total. The number of aliphatic carboxylic acids is 1. The summed E-state index contributed by atoms with van der Waals surface area (Å²) in [6.07, 6.45) is 1.49. The summed E-state index contributed by atoms with van der Waals surface area (Å²) in [7, 11) is 1.20. The molecule has 0 spiro atoms. The minimum Gasteiger partial charge on any atom is -0.480 e. The number of hydrogen-bond acceptors (Lipinski definition) is 7. The summed E-state index contributed by atoms with van der Waals surface area (Å²) < 4.78 is 10.7. The predicted octanol–water partition coefficient (Wildman–Crippen LogP) is -0.250. The van der Waals surface area contributed by atoms with E-state index in [4.69, 9.17) is 14.1 Å². The maximum Gasteiger partial charge on any atom is 0.346 e. The van der Waals surface area contributed by atoms with E-state index in [9.17, 15) is 14.4 Å². The second-order valence-electron chi connectivity index (χ2n) is 4.84. The molecule has 0 radical (unpaired) electrons. The van der Waals surface area contributed by atoms with Gasteiger partial charge in [0.05, 0.1) is 13.7 Å². The molecule has 3 rings (SSSR count). The molecule has 2 amide bonds. The standard InChI is InChI=1S/C11H12N4O6S/c1-20-10(18)9-8-5(2-13(12-8)4-7(16)17)6-3-14(9)11(19)15(6)21-22/h2,6,9,22H,3-4H2,1H3,(H,16,17). The number of aromatic nitrogens is 2. The van der Waals surface area contributed by atoms with Crippen molar-refractivity contribution in [1.29, 1.82) is 0 Å². The van der Waals surface area contributed by atoms with Crippen LogP contribution >= 0.6 is 12.9 Å². The third-order valence-electron chi connectivity index (χ3n) is 3.65. The molecule has 0 aromatic carbocycles. The molecule has 2 unspecified atom stereocenters. The fourth-order valence-corrected chi connectivity index (χ4v) is 2.95. The van der Waals surface area contributed by atoms with Crippen molar-refractivity contribution in [1.82, 2.24) is 19.7 Å². The number of carbonyl (C=O) groups is 3. The van der Waals surface area contributed by atoms with Crippen LogP contribution in [0, 0.1) is 0 Å². The number of hydroxylamine groups is 2. The van der Waals surface area contributed by atoms with Crippen molar-refractivity contribution in [2.75, 3.05) is 13.7 Å². The molecule has 1 aromatic heterocycles. The fraction of sp³-hybridized carbons (Fsp3) is 0.455. The van der Waals surface area contributed by atoms with Crippen molar-refractivity contribution in [2.45, 2.75) is 18.6 Å². The van der Waals surface area contributed by atoms with Crippen LogP contribution in [-0.4, -0.2) is 56.5 Å². The van der Waals surface area contributed by atoms with Crippen molar-refractivity contribution in [3.63, 3.8) is 0 Å². The Bertz CT molecular complexity index is 661.